The molecule has 0 aliphatic carbocycles. The van der Waals surface area contributed by atoms with Gasteiger partial charge in [-0.25, -0.2) is 9.78 Å². The lowest BCUT2D eigenvalue weighted by atomic mass is 10.3. The Morgan fingerprint density at radius 2 is 2.17 bits per heavy atom. The number of imidazole rings is 1. The van der Waals surface area contributed by atoms with Gasteiger partial charge in [0.15, 0.2) is 0 Å². The van der Waals surface area contributed by atoms with E-state index in [1.54, 1.807) is 11.7 Å². The topological polar surface area (TPSA) is 89.1 Å². The second-order valence-electron chi connectivity index (χ2n) is 5.16. The molecule has 2 N–H and O–H groups in total. The van der Waals surface area contributed by atoms with Crippen molar-refractivity contribution < 1.29 is 4.79 Å². The summed E-state index contributed by atoms with van der Waals surface area (Å²) in [7, 11) is 1.80. The van der Waals surface area contributed by atoms with E-state index in [2.05, 4.69) is 25.7 Å². The van der Waals surface area contributed by atoms with Crippen LogP contribution in [0.5, 0.6) is 0 Å². The van der Waals surface area contributed by atoms with E-state index in [4.69, 9.17) is 0 Å². The monoisotopic (exact) mass is 313 g/mol. The highest BCUT2D eigenvalue weighted by atomic mass is 16.2. The zero-order valence-corrected chi connectivity index (χ0v) is 13.2. The van der Waals surface area contributed by atoms with Crippen LogP contribution in [0.1, 0.15) is 18.4 Å². The molecule has 0 aliphatic rings. The summed E-state index contributed by atoms with van der Waals surface area (Å²) in [6.07, 6.45) is 5.33. The van der Waals surface area contributed by atoms with Crippen LogP contribution in [-0.4, -0.2) is 36.7 Å². The van der Waals surface area contributed by atoms with Crippen LogP contribution >= 0.6 is 0 Å². The Balaban J connectivity index is 1.50. The van der Waals surface area contributed by atoms with Crippen LogP contribution in [0.25, 0.3) is 5.65 Å². The van der Waals surface area contributed by atoms with Crippen molar-refractivity contribution in [3.05, 3.63) is 42.1 Å². The smallest absolute Gasteiger partial charge is 0.321 e. The van der Waals surface area contributed by atoms with Crippen LogP contribution in [0.4, 0.5) is 10.7 Å². The van der Waals surface area contributed by atoms with Crippen LogP contribution in [0.2, 0.25) is 0 Å². The molecule has 2 amide bonds. The Kier molecular flexibility index (Phi) is 4.22. The van der Waals surface area contributed by atoms with E-state index < -0.39 is 0 Å². The number of aryl methyl sites for hydroxylation is 2. The fraction of sp³-hybridized carbons (Fsp3) is 0.333. The van der Waals surface area contributed by atoms with Crippen molar-refractivity contribution in [2.75, 3.05) is 11.9 Å². The zero-order valence-electron chi connectivity index (χ0n) is 13.2. The number of urea groups is 1. The van der Waals surface area contributed by atoms with Crippen molar-refractivity contribution >= 4 is 17.6 Å². The molecule has 0 saturated heterocycles. The quantitative estimate of drug-likeness (QED) is 0.745. The Morgan fingerprint density at radius 3 is 2.91 bits per heavy atom. The SMILES string of the molecule is CCc1nc(NC(=O)NCCc2cn3ccccc3n2)nn1C. The molecule has 120 valence electrons. The van der Waals surface area contributed by atoms with E-state index in [9.17, 15) is 4.79 Å². The van der Waals surface area contributed by atoms with Gasteiger partial charge in [-0.15, -0.1) is 5.10 Å². The second-order valence-corrected chi connectivity index (χ2v) is 5.16. The summed E-state index contributed by atoms with van der Waals surface area (Å²) >= 11 is 0. The number of pyridine rings is 1. The molecule has 0 aromatic carbocycles. The molecular formula is C15H19N7O. The molecule has 0 aliphatic heterocycles. The number of aromatic nitrogens is 5. The molecule has 3 rings (SSSR count). The van der Waals surface area contributed by atoms with Crippen molar-refractivity contribution in [2.45, 2.75) is 19.8 Å². The van der Waals surface area contributed by atoms with Gasteiger partial charge in [0.1, 0.15) is 11.5 Å². The number of nitrogens with zero attached hydrogens (tertiary/aromatic N) is 5. The highest BCUT2D eigenvalue weighted by molar-refractivity contribution is 5.87. The molecule has 8 heteroatoms. The maximum Gasteiger partial charge on any atom is 0.321 e. The predicted octanol–water partition coefficient (Wildman–Crippen LogP) is 1.39. The Labute approximate surface area is 133 Å². The summed E-state index contributed by atoms with van der Waals surface area (Å²) in [4.78, 5) is 20.6. The molecule has 0 spiro atoms. The van der Waals surface area contributed by atoms with E-state index in [1.165, 1.54) is 0 Å². The van der Waals surface area contributed by atoms with Gasteiger partial charge in [0, 0.05) is 38.8 Å². The highest BCUT2D eigenvalue weighted by Crippen LogP contribution is 2.05. The van der Waals surface area contributed by atoms with Crippen LogP contribution in [0.15, 0.2) is 30.6 Å². The van der Waals surface area contributed by atoms with Gasteiger partial charge in [-0.1, -0.05) is 13.0 Å². The number of carbonyl (C=O) groups excluding carboxylic acids is 1. The maximum absolute atomic E-state index is 11.8. The van der Waals surface area contributed by atoms with Crippen LogP contribution in [-0.2, 0) is 19.9 Å². The molecule has 0 fully saturated rings. The van der Waals surface area contributed by atoms with Crippen LogP contribution in [0.3, 0.4) is 0 Å². The maximum atomic E-state index is 11.8. The van der Waals surface area contributed by atoms with Crippen molar-refractivity contribution in [3.63, 3.8) is 0 Å². The molecule has 3 aromatic heterocycles. The normalized spacial score (nSPS) is 10.9. The molecule has 0 bridgehead atoms. The van der Waals surface area contributed by atoms with Crippen LogP contribution in [0, 0.1) is 0 Å². The van der Waals surface area contributed by atoms with E-state index in [-0.39, 0.29) is 6.03 Å². The molecule has 3 aromatic rings. The number of hydrogen-bond acceptors (Lipinski definition) is 4. The fourth-order valence-electron chi connectivity index (χ4n) is 2.34. The van der Waals surface area contributed by atoms with Gasteiger partial charge in [-0.2, -0.15) is 4.98 Å². The summed E-state index contributed by atoms with van der Waals surface area (Å²) in [6.45, 7) is 2.48. The van der Waals surface area contributed by atoms with E-state index in [1.807, 2.05) is 41.9 Å². The number of fused-ring (bicyclic) bond motifs is 1. The molecule has 0 radical (unpaired) electrons. The van der Waals surface area contributed by atoms with E-state index in [0.29, 0.717) is 18.9 Å². The van der Waals surface area contributed by atoms with Crippen molar-refractivity contribution in [2.24, 2.45) is 7.05 Å². The molecule has 0 saturated carbocycles. The summed E-state index contributed by atoms with van der Waals surface area (Å²) in [5.74, 6) is 1.14. The Hall–Kier alpha value is -2.90. The number of nitrogens with one attached hydrogen (secondary N) is 2. The fourth-order valence-corrected chi connectivity index (χ4v) is 2.34. The standard InChI is InChI=1S/C15H19N7O/c1-3-12-18-14(20-21(12)2)19-15(23)16-8-7-11-10-22-9-5-4-6-13(22)17-11/h4-6,9-10H,3,7-8H2,1-2H3,(H2,16,19,20,23). The van der Waals surface area contributed by atoms with E-state index >= 15 is 0 Å². The minimum absolute atomic E-state index is 0.314. The third kappa shape index (κ3) is 3.47. The largest absolute Gasteiger partial charge is 0.337 e. The number of carbonyl (C=O) groups is 1. The second kappa shape index (κ2) is 6.47. The van der Waals surface area contributed by atoms with Gasteiger partial charge < -0.3 is 9.72 Å². The first kappa shape index (κ1) is 15.0. The first-order valence-corrected chi connectivity index (χ1v) is 7.53. The van der Waals surface area contributed by atoms with Gasteiger partial charge in [-0.3, -0.25) is 10.00 Å². The summed E-state index contributed by atoms with van der Waals surface area (Å²) in [5.41, 5.74) is 1.83. The lowest BCUT2D eigenvalue weighted by Crippen LogP contribution is -2.31. The van der Waals surface area contributed by atoms with Crippen LogP contribution < -0.4 is 10.6 Å². The minimum atomic E-state index is -0.318. The van der Waals surface area contributed by atoms with Crippen molar-refractivity contribution in [3.8, 4) is 0 Å². The first-order valence-electron chi connectivity index (χ1n) is 7.53. The minimum Gasteiger partial charge on any atom is -0.337 e. The molecule has 8 nitrogen and oxygen atoms in total. The van der Waals surface area contributed by atoms with Gasteiger partial charge in [0.2, 0.25) is 5.95 Å². The first-order chi connectivity index (χ1) is 11.2. The van der Waals surface area contributed by atoms with Crippen molar-refractivity contribution in [1.82, 2.24) is 29.5 Å². The molecule has 23 heavy (non-hydrogen) atoms. The summed E-state index contributed by atoms with van der Waals surface area (Å²) in [5, 5.41) is 9.55. The number of hydrogen-bond donors (Lipinski definition) is 2. The molecule has 0 unspecified atom stereocenters. The third-order valence-electron chi connectivity index (χ3n) is 3.48. The molecule has 3 heterocycles. The highest BCUT2D eigenvalue weighted by Gasteiger charge is 2.09. The lowest BCUT2D eigenvalue weighted by molar-refractivity contribution is 0.252. The average molecular weight is 313 g/mol. The number of amides is 2. The number of rotatable bonds is 5. The zero-order chi connectivity index (χ0) is 16.2. The van der Waals surface area contributed by atoms with Gasteiger partial charge in [-0.05, 0) is 12.1 Å². The van der Waals surface area contributed by atoms with E-state index in [0.717, 1.165) is 23.6 Å². The molecular weight excluding hydrogens is 294 g/mol. The van der Waals surface area contributed by atoms with Crippen molar-refractivity contribution in [1.29, 1.82) is 0 Å². The lowest BCUT2D eigenvalue weighted by Gasteiger charge is -2.03. The van der Waals surface area contributed by atoms with Gasteiger partial charge in [0.05, 0.1) is 5.69 Å². The molecule has 0 atom stereocenters. The van der Waals surface area contributed by atoms with Gasteiger partial charge >= 0.3 is 6.03 Å². The predicted molar refractivity (Wildman–Crippen MR) is 86.3 cm³/mol. The van der Waals surface area contributed by atoms with Gasteiger partial charge in [0.25, 0.3) is 0 Å². The average Bonchev–Trinajstić information content (AvgIpc) is 3.09. The Morgan fingerprint density at radius 1 is 1.30 bits per heavy atom. The Bertz CT molecular complexity index is 787. The third-order valence-corrected chi connectivity index (χ3v) is 3.48. The summed E-state index contributed by atoms with van der Waals surface area (Å²) in [6, 6.07) is 5.53. The number of anilines is 1. The summed E-state index contributed by atoms with van der Waals surface area (Å²) < 4.78 is 3.62.